The van der Waals surface area contributed by atoms with Gasteiger partial charge in [-0.2, -0.15) is 5.10 Å². The second-order valence-electron chi connectivity index (χ2n) is 7.64. The van der Waals surface area contributed by atoms with Crippen molar-refractivity contribution < 1.29 is 9.21 Å². The minimum absolute atomic E-state index is 0.0756. The number of fused-ring (bicyclic) bond motifs is 2. The van der Waals surface area contributed by atoms with Crippen molar-refractivity contribution in [3.8, 4) is 11.6 Å². The predicted octanol–water partition coefficient (Wildman–Crippen LogP) is 2.90. The third-order valence-corrected chi connectivity index (χ3v) is 6.76. The van der Waals surface area contributed by atoms with E-state index in [0.29, 0.717) is 18.7 Å². The molecule has 1 aliphatic heterocycles. The number of carbonyl (C=O) groups excluding carboxylic acids is 1. The SMILES string of the molecule is Cc1cc(-c2nnc(C(=O)N3CCc4[nH]cnc4[C@H]3c3nc4ccccc4s3)o2)nn1C. The van der Waals surface area contributed by atoms with Gasteiger partial charge in [0.05, 0.1) is 22.2 Å². The third kappa shape index (κ3) is 2.93. The number of hydrogen-bond donors (Lipinski definition) is 1. The number of imidazole rings is 1. The van der Waals surface area contributed by atoms with Crippen LogP contribution in [0.2, 0.25) is 0 Å². The van der Waals surface area contributed by atoms with Gasteiger partial charge in [-0.3, -0.25) is 9.48 Å². The number of aromatic amines is 1. The Morgan fingerprint density at radius 2 is 2.16 bits per heavy atom. The predicted molar refractivity (Wildman–Crippen MR) is 116 cm³/mol. The largest absolute Gasteiger partial charge is 0.411 e. The van der Waals surface area contributed by atoms with E-state index in [0.717, 1.165) is 32.3 Å². The van der Waals surface area contributed by atoms with Gasteiger partial charge in [0.25, 0.3) is 5.89 Å². The van der Waals surface area contributed by atoms with E-state index < -0.39 is 6.04 Å². The first-order valence-corrected chi connectivity index (χ1v) is 10.9. The summed E-state index contributed by atoms with van der Waals surface area (Å²) in [5.41, 5.74) is 4.18. The monoisotopic (exact) mass is 446 g/mol. The molecule has 0 unspecified atom stereocenters. The first-order chi connectivity index (χ1) is 15.6. The number of benzene rings is 1. The quantitative estimate of drug-likeness (QED) is 0.453. The molecule has 32 heavy (non-hydrogen) atoms. The molecule has 0 fully saturated rings. The first kappa shape index (κ1) is 18.9. The van der Waals surface area contributed by atoms with Crippen molar-refractivity contribution in [1.29, 1.82) is 0 Å². The summed E-state index contributed by atoms with van der Waals surface area (Å²) in [6.07, 6.45) is 2.32. The van der Waals surface area contributed by atoms with Gasteiger partial charge in [-0.1, -0.05) is 12.1 Å². The van der Waals surface area contributed by atoms with Crippen LogP contribution in [0.15, 0.2) is 41.1 Å². The van der Waals surface area contributed by atoms with Gasteiger partial charge in [-0.05, 0) is 25.1 Å². The smallest absolute Gasteiger partial charge is 0.312 e. The highest BCUT2D eigenvalue weighted by atomic mass is 32.1. The van der Waals surface area contributed by atoms with Crippen molar-refractivity contribution in [3.63, 3.8) is 0 Å². The molecule has 0 saturated carbocycles. The van der Waals surface area contributed by atoms with Gasteiger partial charge in [0, 0.05) is 31.4 Å². The molecular formula is C21H18N8O2S. The highest BCUT2D eigenvalue weighted by molar-refractivity contribution is 7.18. The average Bonchev–Trinajstić information content (AvgIpc) is 3.58. The van der Waals surface area contributed by atoms with E-state index in [1.165, 1.54) is 0 Å². The van der Waals surface area contributed by atoms with Crippen LogP contribution < -0.4 is 0 Å². The van der Waals surface area contributed by atoms with Gasteiger partial charge in [-0.15, -0.1) is 21.5 Å². The van der Waals surface area contributed by atoms with Gasteiger partial charge < -0.3 is 14.3 Å². The zero-order valence-corrected chi connectivity index (χ0v) is 18.1. The molecule has 0 spiro atoms. The fourth-order valence-electron chi connectivity index (χ4n) is 3.95. The second-order valence-corrected chi connectivity index (χ2v) is 8.71. The molecule has 5 aromatic rings. The van der Waals surface area contributed by atoms with Crippen LogP contribution in [0.25, 0.3) is 21.8 Å². The number of aryl methyl sites for hydroxylation is 2. The second kappa shape index (κ2) is 7.09. The van der Waals surface area contributed by atoms with Crippen molar-refractivity contribution in [2.24, 2.45) is 7.05 Å². The minimum Gasteiger partial charge on any atom is -0.411 e. The maximum absolute atomic E-state index is 13.5. The summed E-state index contributed by atoms with van der Waals surface area (Å²) in [4.78, 5) is 27.7. The van der Waals surface area contributed by atoms with Crippen LogP contribution in [-0.4, -0.2) is 52.3 Å². The molecule has 160 valence electrons. The van der Waals surface area contributed by atoms with E-state index in [4.69, 9.17) is 9.40 Å². The molecule has 1 atom stereocenters. The van der Waals surface area contributed by atoms with Crippen molar-refractivity contribution >= 4 is 27.5 Å². The molecule has 1 aliphatic rings. The minimum atomic E-state index is -0.428. The van der Waals surface area contributed by atoms with E-state index in [2.05, 4.69) is 25.3 Å². The number of rotatable bonds is 3. The van der Waals surface area contributed by atoms with Crippen molar-refractivity contribution in [3.05, 3.63) is 64.6 Å². The van der Waals surface area contributed by atoms with E-state index >= 15 is 0 Å². The summed E-state index contributed by atoms with van der Waals surface area (Å²) < 4.78 is 8.51. The Kier molecular flexibility index (Phi) is 4.18. The van der Waals surface area contributed by atoms with Crippen molar-refractivity contribution in [2.75, 3.05) is 6.54 Å². The lowest BCUT2D eigenvalue weighted by Gasteiger charge is -2.32. The summed E-state index contributed by atoms with van der Waals surface area (Å²) in [6, 6.07) is 9.33. The van der Waals surface area contributed by atoms with Crippen LogP contribution in [-0.2, 0) is 13.5 Å². The molecule has 1 amide bonds. The van der Waals surface area contributed by atoms with Crippen LogP contribution in [0.1, 0.15) is 38.8 Å². The highest BCUT2D eigenvalue weighted by Crippen LogP contribution is 2.38. The zero-order chi connectivity index (χ0) is 21.8. The number of nitrogens with one attached hydrogen (secondary N) is 1. The van der Waals surface area contributed by atoms with Crippen LogP contribution in [0.3, 0.4) is 0 Å². The molecule has 0 saturated heterocycles. The highest BCUT2D eigenvalue weighted by Gasteiger charge is 2.38. The Balaban J connectivity index is 1.39. The van der Waals surface area contributed by atoms with Crippen LogP contribution >= 0.6 is 11.3 Å². The number of carbonyl (C=O) groups is 1. The van der Waals surface area contributed by atoms with Crippen molar-refractivity contribution in [2.45, 2.75) is 19.4 Å². The molecule has 0 bridgehead atoms. The third-order valence-electron chi connectivity index (χ3n) is 5.67. The number of para-hydroxylation sites is 1. The number of aromatic nitrogens is 7. The molecule has 5 heterocycles. The number of amides is 1. The fraction of sp³-hybridized carbons (Fsp3) is 0.238. The molecule has 1 N–H and O–H groups in total. The fourth-order valence-corrected chi connectivity index (χ4v) is 5.04. The van der Waals surface area contributed by atoms with Gasteiger partial charge in [-0.25, -0.2) is 9.97 Å². The Bertz CT molecular complexity index is 1410. The van der Waals surface area contributed by atoms with Gasteiger partial charge in [0.2, 0.25) is 0 Å². The Hall–Kier alpha value is -3.86. The maximum Gasteiger partial charge on any atom is 0.312 e. The van der Waals surface area contributed by atoms with Crippen LogP contribution in [0.5, 0.6) is 0 Å². The molecular weight excluding hydrogens is 428 g/mol. The van der Waals surface area contributed by atoms with E-state index in [9.17, 15) is 4.79 Å². The number of H-pyrrole nitrogens is 1. The van der Waals surface area contributed by atoms with E-state index in [1.54, 1.807) is 27.2 Å². The Morgan fingerprint density at radius 1 is 1.28 bits per heavy atom. The van der Waals surface area contributed by atoms with Gasteiger partial charge >= 0.3 is 11.8 Å². The number of thiazole rings is 1. The molecule has 1 aromatic carbocycles. The first-order valence-electron chi connectivity index (χ1n) is 10.1. The van der Waals surface area contributed by atoms with Crippen LogP contribution in [0, 0.1) is 6.92 Å². The normalized spacial score (nSPS) is 15.9. The topological polar surface area (TPSA) is 119 Å². The average molecular weight is 446 g/mol. The van der Waals surface area contributed by atoms with E-state index in [1.807, 2.05) is 44.3 Å². The molecule has 0 radical (unpaired) electrons. The number of hydrogen-bond acceptors (Lipinski definition) is 8. The van der Waals surface area contributed by atoms with Gasteiger partial charge in [0.15, 0.2) is 0 Å². The number of nitrogens with zero attached hydrogens (tertiary/aromatic N) is 7. The summed E-state index contributed by atoms with van der Waals surface area (Å²) in [5.74, 6) is -0.214. The molecule has 6 rings (SSSR count). The molecule has 0 aliphatic carbocycles. The summed E-state index contributed by atoms with van der Waals surface area (Å²) in [7, 11) is 1.83. The lowest BCUT2D eigenvalue weighted by Crippen LogP contribution is -2.41. The maximum atomic E-state index is 13.5. The molecule has 11 heteroatoms. The summed E-state index contributed by atoms with van der Waals surface area (Å²) >= 11 is 1.56. The standard InChI is InChI=1S/C21H18N8O2S/c1-11-9-14(27-28(11)2)18-25-26-19(31-18)21(30)29-8-7-13-16(23-10-22-13)17(29)20-24-12-5-3-4-6-15(12)32-20/h3-6,9-10,17H,7-8H2,1-2H3,(H,22,23)/t17-/m0/s1. The van der Waals surface area contributed by atoms with Crippen LogP contribution in [0.4, 0.5) is 0 Å². The molecule has 10 nitrogen and oxygen atoms in total. The lowest BCUT2D eigenvalue weighted by molar-refractivity contribution is 0.0650. The van der Waals surface area contributed by atoms with Gasteiger partial charge in [0.1, 0.15) is 16.7 Å². The Morgan fingerprint density at radius 3 is 2.97 bits per heavy atom. The van der Waals surface area contributed by atoms with E-state index in [-0.39, 0.29) is 17.7 Å². The summed E-state index contributed by atoms with van der Waals surface area (Å²) in [6.45, 7) is 2.41. The lowest BCUT2D eigenvalue weighted by atomic mass is 10.0. The molecule has 4 aromatic heterocycles. The van der Waals surface area contributed by atoms with Crippen molar-refractivity contribution in [1.82, 2.24) is 39.8 Å². The summed E-state index contributed by atoms with van der Waals surface area (Å²) in [5, 5.41) is 13.2. The zero-order valence-electron chi connectivity index (χ0n) is 17.3. The Labute approximate surface area is 185 Å².